The van der Waals surface area contributed by atoms with Gasteiger partial charge in [0.1, 0.15) is 0 Å². The Morgan fingerprint density at radius 3 is 2.60 bits per heavy atom. The molecule has 0 aliphatic carbocycles. The van der Waals surface area contributed by atoms with Gasteiger partial charge in [0.05, 0.1) is 0 Å². The Kier molecular flexibility index (Phi) is 3.88. The highest BCUT2D eigenvalue weighted by Gasteiger charge is 2.19. The highest BCUT2D eigenvalue weighted by atomic mass is 14.9. The quantitative estimate of drug-likeness (QED) is 0.873. The molecule has 104 valence electrons. The maximum absolute atomic E-state index is 3.67. The average molecular weight is 265 g/mol. The van der Waals surface area contributed by atoms with E-state index in [-0.39, 0.29) is 0 Å². The fourth-order valence-electron chi connectivity index (χ4n) is 3.09. The lowest BCUT2D eigenvalue weighted by atomic mass is 9.89. The third-order valence-electron chi connectivity index (χ3n) is 4.08. The van der Waals surface area contributed by atoms with Crippen LogP contribution < -0.4 is 5.32 Å². The third kappa shape index (κ3) is 2.94. The van der Waals surface area contributed by atoms with E-state index in [0.717, 1.165) is 18.9 Å². The van der Waals surface area contributed by atoms with E-state index in [1.807, 2.05) is 0 Å². The second-order valence-corrected chi connectivity index (χ2v) is 6.25. The summed E-state index contributed by atoms with van der Waals surface area (Å²) in [4.78, 5) is 0. The fourth-order valence-corrected chi connectivity index (χ4v) is 3.09. The smallest absolute Gasteiger partial charge is 0.0363 e. The first-order valence-electron chi connectivity index (χ1n) is 7.61. The molecule has 3 rings (SSSR count). The van der Waals surface area contributed by atoms with Crippen LogP contribution in [-0.2, 0) is 19.4 Å². The van der Waals surface area contributed by atoms with Gasteiger partial charge in [0.25, 0.3) is 0 Å². The monoisotopic (exact) mass is 265 g/mol. The minimum Gasteiger partial charge on any atom is -0.306 e. The lowest BCUT2D eigenvalue weighted by Gasteiger charge is -2.27. The van der Waals surface area contributed by atoms with Gasteiger partial charge in [0.15, 0.2) is 0 Å². The highest BCUT2D eigenvalue weighted by molar-refractivity contribution is 5.36. The van der Waals surface area contributed by atoms with Gasteiger partial charge in [0, 0.05) is 12.6 Å². The van der Waals surface area contributed by atoms with Gasteiger partial charge in [0.2, 0.25) is 0 Å². The summed E-state index contributed by atoms with van der Waals surface area (Å²) < 4.78 is 0. The predicted octanol–water partition coefficient (Wildman–Crippen LogP) is 4.27. The summed E-state index contributed by atoms with van der Waals surface area (Å²) in [5, 5.41) is 3.67. The first-order chi connectivity index (χ1) is 9.72. The Morgan fingerprint density at radius 1 is 1.05 bits per heavy atom. The molecule has 1 unspecified atom stereocenters. The summed E-state index contributed by atoms with van der Waals surface area (Å²) in [5.74, 6) is 0.724. The number of hydrogen-bond acceptors (Lipinski definition) is 1. The molecule has 1 heterocycles. The Hall–Kier alpha value is -1.60. The molecule has 1 aliphatic rings. The number of nitrogens with one attached hydrogen (secondary N) is 1. The summed E-state index contributed by atoms with van der Waals surface area (Å²) in [7, 11) is 0. The maximum atomic E-state index is 3.67. The van der Waals surface area contributed by atoms with E-state index < -0.39 is 0 Å². The first kappa shape index (κ1) is 13.4. The van der Waals surface area contributed by atoms with Crippen molar-refractivity contribution >= 4 is 0 Å². The van der Waals surface area contributed by atoms with Crippen molar-refractivity contribution in [2.45, 2.75) is 39.3 Å². The van der Waals surface area contributed by atoms with Crippen LogP contribution in [0.5, 0.6) is 0 Å². The van der Waals surface area contributed by atoms with E-state index in [1.165, 1.54) is 28.7 Å². The predicted molar refractivity (Wildman–Crippen MR) is 84.7 cm³/mol. The van der Waals surface area contributed by atoms with Gasteiger partial charge < -0.3 is 5.32 Å². The van der Waals surface area contributed by atoms with Crippen LogP contribution in [0.1, 0.15) is 42.1 Å². The van der Waals surface area contributed by atoms with Crippen LogP contribution in [0.2, 0.25) is 0 Å². The molecule has 1 nitrogen and oxygen atoms in total. The van der Waals surface area contributed by atoms with E-state index in [2.05, 4.69) is 67.7 Å². The van der Waals surface area contributed by atoms with Crippen molar-refractivity contribution in [1.29, 1.82) is 0 Å². The van der Waals surface area contributed by atoms with Crippen LogP contribution in [0.4, 0.5) is 0 Å². The second kappa shape index (κ2) is 5.80. The summed E-state index contributed by atoms with van der Waals surface area (Å²) in [5.41, 5.74) is 5.85. The second-order valence-electron chi connectivity index (χ2n) is 6.25. The molecule has 0 radical (unpaired) electrons. The lowest BCUT2D eigenvalue weighted by molar-refractivity contribution is 0.498. The summed E-state index contributed by atoms with van der Waals surface area (Å²) in [6.07, 6.45) is 2.27. The zero-order valence-corrected chi connectivity index (χ0v) is 12.4. The Bertz CT molecular complexity index is 572. The van der Waals surface area contributed by atoms with Crippen LogP contribution in [0.3, 0.4) is 0 Å². The molecule has 1 heteroatoms. The Morgan fingerprint density at radius 2 is 1.85 bits per heavy atom. The molecule has 2 aromatic carbocycles. The molecule has 1 aliphatic heterocycles. The standard InChI is InChI=1S/C19H23N/c1-14(2)10-15-8-9-17-12-19(20-13-18(17)11-15)16-6-4-3-5-7-16/h3-9,11,14,19-20H,10,12-13H2,1-2H3. The molecule has 0 spiro atoms. The van der Waals surface area contributed by atoms with Crippen LogP contribution in [0.15, 0.2) is 48.5 Å². The molecular weight excluding hydrogens is 242 g/mol. The van der Waals surface area contributed by atoms with Gasteiger partial charge in [-0.1, -0.05) is 62.4 Å². The molecule has 20 heavy (non-hydrogen) atoms. The molecule has 2 aromatic rings. The van der Waals surface area contributed by atoms with Crippen molar-refractivity contribution < 1.29 is 0 Å². The zero-order valence-electron chi connectivity index (χ0n) is 12.4. The molecule has 1 atom stereocenters. The van der Waals surface area contributed by atoms with Crippen molar-refractivity contribution in [3.8, 4) is 0 Å². The third-order valence-corrected chi connectivity index (χ3v) is 4.08. The largest absolute Gasteiger partial charge is 0.306 e. The molecule has 0 amide bonds. The van der Waals surface area contributed by atoms with Crippen molar-refractivity contribution in [3.63, 3.8) is 0 Å². The van der Waals surface area contributed by atoms with E-state index in [4.69, 9.17) is 0 Å². The number of benzene rings is 2. The molecule has 0 fully saturated rings. The van der Waals surface area contributed by atoms with Crippen LogP contribution >= 0.6 is 0 Å². The summed E-state index contributed by atoms with van der Waals surface area (Å²) in [6, 6.07) is 18.3. The Balaban J connectivity index is 1.79. The van der Waals surface area contributed by atoms with E-state index in [1.54, 1.807) is 0 Å². The highest BCUT2D eigenvalue weighted by Crippen LogP contribution is 2.27. The van der Waals surface area contributed by atoms with E-state index in [0.29, 0.717) is 6.04 Å². The topological polar surface area (TPSA) is 12.0 Å². The van der Waals surface area contributed by atoms with Crippen molar-refractivity contribution in [3.05, 3.63) is 70.8 Å². The summed E-state index contributed by atoms with van der Waals surface area (Å²) in [6.45, 7) is 5.55. The molecule has 1 N–H and O–H groups in total. The van der Waals surface area contributed by atoms with Gasteiger partial charge >= 0.3 is 0 Å². The zero-order chi connectivity index (χ0) is 13.9. The summed E-state index contributed by atoms with van der Waals surface area (Å²) >= 11 is 0. The molecule has 0 bridgehead atoms. The van der Waals surface area contributed by atoms with Crippen LogP contribution in [0.25, 0.3) is 0 Å². The number of hydrogen-bond donors (Lipinski definition) is 1. The first-order valence-corrected chi connectivity index (χ1v) is 7.61. The van der Waals surface area contributed by atoms with Crippen molar-refractivity contribution in [2.24, 2.45) is 5.92 Å². The molecule has 0 saturated heterocycles. The van der Waals surface area contributed by atoms with E-state index >= 15 is 0 Å². The molecular formula is C19H23N. The average Bonchev–Trinajstić information content (AvgIpc) is 2.47. The van der Waals surface area contributed by atoms with Gasteiger partial charge in [-0.25, -0.2) is 0 Å². The normalized spacial score (nSPS) is 18.1. The van der Waals surface area contributed by atoms with Gasteiger partial charge in [-0.15, -0.1) is 0 Å². The van der Waals surface area contributed by atoms with Crippen molar-refractivity contribution in [2.75, 3.05) is 0 Å². The van der Waals surface area contributed by atoms with Gasteiger partial charge in [-0.2, -0.15) is 0 Å². The fraction of sp³-hybridized carbons (Fsp3) is 0.368. The Labute approximate surface area is 122 Å². The SMILES string of the molecule is CC(C)Cc1ccc2c(c1)CNC(c1ccccc1)C2. The maximum Gasteiger partial charge on any atom is 0.0363 e. The van der Waals surface area contributed by atoms with Crippen molar-refractivity contribution in [1.82, 2.24) is 5.32 Å². The van der Waals surface area contributed by atoms with Crippen LogP contribution in [0, 0.1) is 5.92 Å². The lowest BCUT2D eigenvalue weighted by Crippen LogP contribution is -2.28. The van der Waals surface area contributed by atoms with Crippen LogP contribution in [-0.4, -0.2) is 0 Å². The van der Waals surface area contributed by atoms with E-state index in [9.17, 15) is 0 Å². The van der Waals surface area contributed by atoms with Gasteiger partial charge in [-0.05, 0) is 41.0 Å². The number of rotatable bonds is 3. The number of fused-ring (bicyclic) bond motifs is 1. The molecule has 0 saturated carbocycles. The minimum atomic E-state index is 0.458. The van der Waals surface area contributed by atoms with Gasteiger partial charge in [-0.3, -0.25) is 0 Å². The molecule has 0 aromatic heterocycles. The minimum absolute atomic E-state index is 0.458.